The Morgan fingerprint density at radius 2 is 1.94 bits per heavy atom. The van der Waals surface area contributed by atoms with Gasteiger partial charge in [0.05, 0.1) is 22.7 Å². The second kappa shape index (κ2) is 8.40. The highest BCUT2D eigenvalue weighted by Gasteiger charge is 2.72. The lowest BCUT2D eigenvalue weighted by Crippen LogP contribution is -2.69. The molecule has 4 aliphatic rings. The van der Waals surface area contributed by atoms with Gasteiger partial charge in [-0.2, -0.15) is 0 Å². The molecule has 1 aliphatic heterocycles. The van der Waals surface area contributed by atoms with Gasteiger partial charge in [-0.05, 0) is 50.3 Å². The number of ketones is 1. The molecular weight excluding hydrogens is 455 g/mol. The molecule has 1 saturated heterocycles. The van der Waals surface area contributed by atoms with Crippen LogP contribution >= 0.6 is 11.6 Å². The van der Waals surface area contributed by atoms with Crippen LogP contribution in [0, 0.1) is 11.3 Å². The first-order valence-corrected chi connectivity index (χ1v) is 11.1. The van der Waals surface area contributed by atoms with Gasteiger partial charge in [0.2, 0.25) is 17.6 Å². The van der Waals surface area contributed by atoms with Crippen LogP contribution in [0.3, 0.4) is 0 Å². The smallest absolute Gasteiger partial charge is 0.289 e. The molecule has 4 fully saturated rings. The van der Waals surface area contributed by atoms with Gasteiger partial charge in [0, 0.05) is 24.5 Å². The van der Waals surface area contributed by atoms with Crippen molar-refractivity contribution in [1.29, 1.82) is 0 Å². The fraction of sp³-hybridized carbons (Fsp3) is 0.500. The number of likely N-dealkylation sites (N-methyl/N-ethyl adjacent to an activating group) is 1. The van der Waals surface area contributed by atoms with Crippen molar-refractivity contribution in [2.75, 3.05) is 18.9 Å². The van der Waals surface area contributed by atoms with Crippen molar-refractivity contribution in [3.63, 3.8) is 0 Å². The monoisotopic (exact) mass is 478 g/mol. The Morgan fingerprint density at radius 3 is 2.52 bits per heavy atom. The number of rotatable bonds is 8. The van der Waals surface area contributed by atoms with E-state index in [1.807, 2.05) is 0 Å². The minimum Gasteiger partial charge on any atom is -0.356 e. The second-order valence-electron chi connectivity index (χ2n) is 9.09. The summed E-state index contributed by atoms with van der Waals surface area (Å²) in [5.41, 5.74) is -1.86. The van der Waals surface area contributed by atoms with E-state index in [1.165, 1.54) is 25.2 Å². The van der Waals surface area contributed by atoms with Crippen molar-refractivity contribution in [3.8, 4) is 0 Å². The minimum absolute atomic E-state index is 0.0111. The van der Waals surface area contributed by atoms with Crippen molar-refractivity contribution in [1.82, 2.24) is 16.0 Å². The molecule has 0 radical (unpaired) electrons. The third-order valence-electron chi connectivity index (χ3n) is 6.68. The number of nitrogens with one attached hydrogen (secondary N) is 4. The maximum Gasteiger partial charge on any atom is 0.289 e. The number of carbonyl (C=O) groups is 5. The Balaban J connectivity index is 1.52. The van der Waals surface area contributed by atoms with Crippen molar-refractivity contribution in [2.45, 2.75) is 43.8 Å². The molecule has 9 nitrogen and oxygen atoms in total. The fourth-order valence-electron chi connectivity index (χ4n) is 4.88. The molecule has 33 heavy (non-hydrogen) atoms. The average Bonchev–Trinajstić information content (AvgIpc) is 3.14. The SMILES string of the molecule is CNC(=O)C(=O)[C@H](C[C@@H]1CCNC1=O)NC(=O)c1cc(Cl)ccc1NC(=O)C12CC(F)(C1)C2. The number of anilines is 1. The molecule has 0 unspecified atom stereocenters. The van der Waals surface area contributed by atoms with Gasteiger partial charge in [0.1, 0.15) is 5.67 Å². The Bertz CT molecular complexity index is 1040. The van der Waals surface area contributed by atoms with E-state index >= 15 is 0 Å². The summed E-state index contributed by atoms with van der Waals surface area (Å²) in [6, 6.07) is 3.02. The van der Waals surface area contributed by atoms with Crippen LogP contribution in [0.5, 0.6) is 0 Å². The number of amides is 4. The van der Waals surface area contributed by atoms with E-state index in [4.69, 9.17) is 11.6 Å². The van der Waals surface area contributed by atoms with Gasteiger partial charge < -0.3 is 21.3 Å². The van der Waals surface area contributed by atoms with Gasteiger partial charge in [-0.15, -0.1) is 0 Å². The summed E-state index contributed by atoms with van der Waals surface area (Å²) >= 11 is 6.05. The van der Waals surface area contributed by atoms with Gasteiger partial charge in [0.15, 0.2) is 0 Å². The van der Waals surface area contributed by atoms with Gasteiger partial charge in [0.25, 0.3) is 11.8 Å². The number of carbonyl (C=O) groups excluding carboxylic acids is 5. The number of halogens is 2. The Labute approximate surface area is 194 Å². The van der Waals surface area contributed by atoms with E-state index in [1.54, 1.807) is 0 Å². The van der Waals surface area contributed by atoms with Crippen molar-refractivity contribution in [3.05, 3.63) is 28.8 Å². The zero-order valence-electron chi connectivity index (χ0n) is 17.9. The van der Waals surface area contributed by atoms with E-state index < -0.39 is 40.6 Å². The molecular formula is C22H24ClFN4O5. The molecule has 1 heterocycles. The molecule has 11 heteroatoms. The first-order valence-electron chi connectivity index (χ1n) is 10.7. The van der Waals surface area contributed by atoms with Gasteiger partial charge >= 0.3 is 0 Å². The number of hydrogen-bond donors (Lipinski definition) is 4. The molecule has 4 N–H and O–H groups in total. The van der Waals surface area contributed by atoms with E-state index in [0.717, 1.165) is 0 Å². The Hall–Kier alpha value is -3.01. The molecule has 5 rings (SSSR count). The molecule has 1 aromatic rings. The number of Topliss-reactive ketones (excluding diaryl/α,β-unsaturated/α-hetero) is 1. The van der Waals surface area contributed by atoms with E-state index in [9.17, 15) is 28.4 Å². The van der Waals surface area contributed by atoms with E-state index in [2.05, 4.69) is 21.3 Å². The lowest BCUT2D eigenvalue weighted by Gasteiger charge is -2.64. The quantitative estimate of drug-likeness (QED) is 0.415. The average molecular weight is 479 g/mol. The molecule has 3 aliphatic carbocycles. The van der Waals surface area contributed by atoms with E-state index in [0.29, 0.717) is 13.0 Å². The first kappa shape index (κ1) is 23.2. The van der Waals surface area contributed by atoms with Crippen LogP contribution in [-0.4, -0.2) is 54.7 Å². The normalized spacial score (nSPS) is 28.0. The van der Waals surface area contributed by atoms with Crippen molar-refractivity contribution in [2.24, 2.45) is 11.3 Å². The van der Waals surface area contributed by atoms with E-state index in [-0.39, 0.29) is 53.8 Å². The summed E-state index contributed by atoms with van der Waals surface area (Å²) in [5, 5.41) is 10.3. The molecule has 1 aromatic carbocycles. The predicted octanol–water partition coefficient (Wildman–Crippen LogP) is 1.11. The lowest BCUT2D eigenvalue weighted by molar-refractivity contribution is -0.209. The van der Waals surface area contributed by atoms with Crippen LogP contribution in [0.4, 0.5) is 10.1 Å². The molecule has 176 valence electrons. The molecule has 2 atom stereocenters. The molecule has 0 aromatic heterocycles. The number of alkyl halides is 1. The maximum atomic E-state index is 13.8. The molecule has 2 bridgehead atoms. The summed E-state index contributed by atoms with van der Waals surface area (Å²) < 4.78 is 13.8. The second-order valence-corrected chi connectivity index (χ2v) is 9.52. The lowest BCUT2D eigenvalue weighted by atomic mass is 9.42. The highest BCUT2D eigenvalue weighted by Crippen LogP contribution is 2.69. The first-order chi connectivity index (χ1) is 15.6. The minimum atomic E-state index is -1.25. The third kappa shape index (κ3) is 4.31. The molecule has 0 spiro atoms. The van der Waals surface area contributed by atoms with Gasteiger partial charge in [-0.1, -0.05) is 11.6 Å². The van der Waals surface area contributed by atoms with Gasteiger partial charge in [-0.25, -0.2) is 4.39 Å². The molecule has 4 amide bonds. The van der Waals surface area contributed by atoms with Crippen molar-refractivity contribution >= 4 is 46.7 Å². The zero-order chi connectivity index (χ0) is 24.0. The van der Waals surface area contributed by atoms with Crippen molar-refractivity contribution < 1.29 is 28.4 Å². The largest absolute Gasteiger partial charge is 0.356 e. The zero-order valence-corrected chi connectivity index (χ0v) is 18.7. The third-order valence-corrected chi connectivity index (χ3v) is 6.91. The van der Waals surface area contributed by atoms with Crippen LogP contribution in [0.2, 0.25) is 5.02 Å². The van der Waals surface area contributed by atoms with Crippen LogP contribution in [0.25, 0.3) is 0 Å². The van der Waals surface area contributed by atoms with Crippen LogP contribution < -0.4 is 21.3 Å². The topological polar surface area (TPSA) is 133 Å². The fourth-order valence-corrected chi connectivity index (χ4v) is 5.05. The summed E-state index contributed by atoms with van der Waals surface area (Å²) in [4.78, 5) is 62.3. The van der Waals surface area contributed by atoms with Gasteiger partial charge in [-0.3, -0.25) is 24.0 Å². The summed E-state index contributed by atoms with van der Waals surface area (Å²) in [6.07, 6.45) is 0.907. The maximum absolute atomic E-state index is 13.8. The Kier molecular flexibility index (Phi) is 5.90. The van der Waals surface area contributed by atoms with Crippen LogP contribution in [0.15, 0.2) is 18.2 Å². The highest BCUT2D eigenvalue weighted by atomic mass is 35.5. The summed E-state index contributed by atoms with van der Waals surface area (Å²) in [6.45, 7) is 0.449. The summed E-state index contributed by atoms with van der Waals surface area (Å²) in [7, 11) is 1.29. The number of benzene rings is 1. The van der Waals surface area contributed by atoms with Crippen LogP contribution in [0.1, 0.15) is 42.5 Å². The summed E-state index contributed by atoms with van der Waals surface area (Å²) in [5.74, 6) is -3.69. The Morgan fingerprint density at radius 1 is 1.24 bits per heavy atom. The number of hydrogen-bond acceptors (Lipinski definition) is 5. The predicted molar refractivity (Wildman–Crippen MR) is 116 cm³/mol. The standard InChI is InChI=1S/C22H24ClFN4O5/c1-25-19(32)16(29)15(6-11-4-5-26-17(11)30)27-18(31)13-7-12(23)2-3-14(13)28-20(33)21-8-22(24,9-21)10-21/h2-3,7,11,15H,4-6,8-10H2,1H3,(H,25,32)(H,26,30)(H,27,31)(H,28,33)/t11-,15-,21?,22?/m0/s1. The highest BCUT2D eigenvalue weighted by molar-refractivity contribution is 6.38. The van der Waals surface area contributed by atoms with Crippen LogP contribution in [-0.2, 0) is 19.2 Å². The molecule has 3 saturated carbocycles.